The van der Waals surface area contributed by atoms with Crippen LogP contribution in [0.2, 0.25) is 0 Å². The molecule has 1 amide bonds. The highest BCUT2D eigenvalue weighted by atomic mass is 32.2. The van der Waals surface area contributed by atoms with Crippen LogP contribution in [0.3, 0.4) is 0 Å². The number of fused-ring (bicyclic) bond motifs is 4. The zero-order chi connectivity index (χ0) is 28.0. The number of hydrogen-bond acceptors (Lipinski definition) is 7. The summed E-state index contributed by atoms with van der Waals surface area (Å²) < 4.78 is 27.3. The summed E-state index contributed by atoms with van der Waals surface area (Å²) in [5, 5.41) is 13.3. The molecule has 198 valence electrons. The van der Waals surface area contributed by atoms with Crippen molar-refractivity contribution in [2.24, 2.45) is 5.73 Å². The summed E-state index contributed by atoms with van der Waals surface area (Å²) >= 11 is 1.21. The second-order valence-corrected chi connectivity index (χ2v) is 10.3. The van der Waals surface area contributed by atoms with E-state index in [0.717, 1.165) is 5.56 Å². The number of rotatable bonds is 5. The molecule has 1 spiro atoms. The van der Waals surface area contributed by atoms with Gasteiger partial charge in [0.05, 0.1) is 17.7 Å². The Labute approximate surface area is 231 Å². The molecule has 4 aromatic rings. The highest BCUT2D eigenvalue weighted by Crippen LogP contribution is 2.53. The van der Waals surface area contributed by atoms with Crippen LogP contribution in [0.25, 0.3) is 0 Å². The van der Waals surface area contributed by atoms with E-state index in [1.54, 1.807) is 48.5 Å². The maximum absolute atomic E-state index is 14.4. The van der Waals surface area contributed by atoms with Crippen molar-refractivity contribution >= 4 is 29.2 Å². The number of carbonyl (C=O) groups is 1. The molecule has 11 heteroatoms. The standard InChI is InChI=1S/C29H20F2N6O2S/c30-18-10-8-16(9-11-18)15-40-28-35-25-23(26(38)36-28)29(21(13-32)24(33)34-25)20-6-1-2-7-22(20)37(27(29)39)14-17-4-3-5-19(31)12-17/h1-12H,14-15,33H2,(H2,34,35,36,38)/t29-/m0/s1. The summed E-state index contributed by atoms with van der Waals surface area (Å²) in [5.41, 5.74) is 5.87. The van der Waals surface area contributed by atoms with Gasteiger partial charge in [-0.15, -0.1) is 0 Å². The number of nitrogens with two attached hydrogens (primary N) is 1. The first kappa shape index (κ1) is 25.3. The molecule has 0 saturated heterocycles. The number of thioether (sulfide) groups is 1. The van der Waals surface area contributed by atoms with Gasteiger partial charge in [-0.3, -0.25) is 9.59 Å². The maximum Gasteiger partial charge on any atom is 0.258 e. The van der Waals surface area contributed by atoms with Crippen LogP contribution in [0, 0.1) is 23.0 Å². The molecule has 1 atom stereocenters. The third kappa shape index (κ3) is 3.92. The van der Waals surface area contributed by atoms with Gasteiger partial charge in [0.15, 0.2) is 5.16 Å². The Morgan fingerprint density at radius 1 is 1.00 bits per heavy atom. The smallest absolute Gasteiger partial charge is 0.258 e. The van der Waals surface area contributed by atoms with Crippen molar-refractivity contribution in [2.75, 3.05) is 10.2 Å². The zero-order valence-corrected chi connectivity index (χ0v) is 21.6. The summed E-state index contributed by atoms with van der Waals surface area (Å²) in [5.74, 6) is -1.03. The van der Waals surface area contributed by atoms with E-state index in [9.17, 15) is 23.6 Å². The Balaban J connectivity index is 1.48. The van der Waals surface area contributed by atoms with Crippen molar-refractivity contribution in [3.63, 3.8) is 0 Å². The van der Waals surface area contributed by atoms with Crippen molar-refractivity contribution in [1.82, 2.24) is 9.97 Å². The highest BCUT2D eigenvalue weighted by molar-refractivity contribution is 7.98. The monoisotopic (exact) mass is 554 g/mol. The Kier molecular flexibility index (Phi) is 6.12. The Morgan fingerprint density at radius 3 is 2.52 bits per heavy atom. The van der Waals surface area contributed by atoms with Crippen LogP contribution >= 0.6 is 11.8 Å². The van der Waals surface area contributed by atoms with Crippen molar-refractivity contribution in [2.45, 2.75) is 22.9 Å². The average Bonchev–Trinajstić information content (AvgIpc) is 3.16. The van der Waals surface area contributed by atoms with Crippen molar-refractivity contribution in [1.29, 1.82) is 5.26 Å². The van der Waals surface area contributed by atoms with Gasteiger partial charge < -0.3 is 20.9 Å². The molecule has 0 bridgehead atoms. The van der Waals surface area contributed by atoms with Gasteiger partial charge in [0, 0.05) is 17.0 Å². The molecule has 3 aromatic carbocycles. The van der Waals surface area contributed by atoms with Gasteiger partial charge in [0.2, 0.25) is 5.91 Å². The first-order chi connectivity index (χ1) is 19.3. The number of anilines is 2. The van der Waals surface area contributed by atoms with E-state index in [-0.39, 0.29) is 40.3 Å². The summed E-state index contributed by atoms with van der Waals surface area (Å²) in [4.78, 5) is 36.9. The predicted molar refractivity (Wildman–Crippen MR) is 146 cm³/mol. The fraction of sp³-hybridized carbons (Fsp3) is 0.103. The number of nitriles is 1. The van der Waals surface area contributed by atoms with Crippen LogP contribution < -0.4 is 21.5 Å². The molecule has 4 N–H and O–H groups in total. The number of hydrogen-bond donors (Lipinski definition) is 3. The molecule has 1 aromatic heterocycles. The summed E-state index contributed by atoms with van der Waals surface area (Å²) in [7, 11) is 0. The van der Waals surface area contributed by atoms with Crippen molar-refractivity contribution < 1.29 is 13.6 Å². The minimum absolute atomic E-state index is 0.00761. The van der Waals surface area contributed by atoms with Gasteiger partial charge in [-0.2, -0.15) is 5.26 Å². The van der Waals surface area contributed by atoms with Crippen LogP contribution in [0.15, 0.2) is 94.1 Å². The number of aromatic nitrogens is 2. The lowest BCUT2D eigenvalue weighted by atomic mass is 9.69. The molecule has 2 aliphatic heterocycles. The number of carbonyl (C=O) groups excluding carboxylic acids is 1. The van der Waals surface area contributed by atoms with Crippen LogP contribution in [-0.2, 0) is 22.5 Å². The van der Waals surface area contributed by atoms with E-state index in [0.29, 0.717) is 22.6 Å². The zero-order valence-electron chi connectivity index (χ0n) is 20.7. The first-order valence-electron chi connectivity index (χ1n) is 12.2. The quantitative estimate of drug-likeness (QED) is 0.248. The molecular formula is C29H20F2N6O2S. The molecule has 6 rings (SSSR count). The maximum atomic E-state index is 14.4. The van der Waals surface area contributed by atoms with E-state index >= 15 is 0 Å². The Hall–Kier alpha value is -4.95. The van der Waals surface area contributed by atoms with Crippen LogP contribution in [0.5, 0.6) is 0 Å². The molecule has 2 aliphatic rings. The Bertz CT molecular complexity index is 1810. The lowest BCUT2D eigenvalue weighted by molar-refractivity contribution is -0.120. The second-order valence-electron chi connectivity index (χ2n) is 9.32. The number of halogens is 2. The van der Waals surface area contributed by atoms with E-state index in [1.807, 2.05) is 0 Å². The Morgan fingerprint density at radius 2 is 1.77 bits per heavy atom. The van der Waals surface area contributed by atoms with Crippen molar-refractivity contribution in [3.8, 4) is 6.07 Å². The fourth-order valence-electron chi connectivity index (χ4n) is 5.26. The minimum atomic E-state index is -1.86. The normalized spacial score (nSPS) is 17.4. The number of nitrogens with one attached hydrogen (secondary N) is 2. The van der Waals surface area contributed by atoms with Crippen LogP contribution in [0.1, 0.15) is 22.3 Å². The van der Waals surface area contributed by atoms with Gasteiger partial charge in [0.1, 0.15) is 34.8 Å². The van der Waals surface area contributed by atoms with E-state index in [4.69, 9.17) is 5.73 Å². The summed E-state index contributed by atoms with van der Waals surface area (Å²) in [6.45, 7) is 0.00761. The molecule has 0 aliphatic carbocycles. The number of para-hydroxylation sites is 1. The minimum Gasteiger partial charge on any atom is -0.384 e. The number of amides is 1. The fourth-order valence-corrected chi connectivity index (χ4v) is 6.08. The van der Waals surface area contributed by atoms with E-state index in [1.165, 1.54) is 40.9 Å². The first-order valence-corrected chi connectivity index (χ1v) is 13.2. The van der Waals surface area contributed by atoms with Gasteiger partial charge in [0.25, 0.3) is 5.56 Å². The molecule has 0 radical (unpaired) electrons. The predicted octanol–water partition coefficient (Wildman–Crippen LogP) is 4.29. The third-order valence-electron chi connectivity index (χ3n) is 6.97. The molecule has 8 nitrogen and oxygen atoms in total. The molecular weight excluding hydrogens is 534 g/mol. The number of benzene rings is 3. The van der Waals surface area contributed by atoms with Gasteiger partial charge in [-0.1, -0.05) is 54.2 Å². The second kappa shape index (κ2) is 9.66. The molecule has 40 heavy (non-hydrogen) atoms. The molecule has 0 fully saturated rings. The number of aromatic amines is 1. The van der Waals surface area contributed by atoms with Crippen molar-refractivity contribution in [3.05, 3.63) is 128 Å². The SMILES string of the molecule is N#CC1=C(N)Nc2nc(SCc3ccc(F)cc3)[nH]c(=O)c2[C@@]12C(=O)N(Cc1cccc(F)c1)c1ccccc12. The molecule has 0 unspecified atom stereocenters. The van der Waals surface area contributed by atoms with Gasteiger partial charge in [-0.25, -0.2) is 13.8 Å². The van der Waals surface area contributed by atoms with E-state index < -0.39 is 22.7 Å². The lowest BCUT2D eigenvalue weighted by Gasteiger charge is -2.34. The topological polar surface area (TPSA) is 128 Å². The lowest BCUT2D eigenvalue weighted by Crippen LogP contribution is -2.49. The summed E-state index contributed by atoms with van der Waals surface area (Å²) in [6, 6.07) is 20.7. The summed E-state index contributed by atoms with van der Waals surface area (Å²) in [6.07, 6.45) is 0. The highest BCUT2D eigenvalue weighted by Gasteiger charge is 2.60. The largest absolute Gasteiger partial charge is 0.384 e. The third-order valence-corrected chi connectivity index (χ3v) is 7.91. The number of H-pyrrole nitrogens is 1. The average molecular weight is 555 g/mol. The molecule has 3 heterocycles. The van der Waals surface area contributed by atoms with Crippen LogP contribution in [-0.4, -0.2) is 15.9 Å². The molecule has 0 saturated carbocycles. The van der Waals surface area contributed by atoms with E-state index in [2.05, 4.69) is 21.4 Å². The van der Waals surface area contributed by atoms with Crippen LogP contribution in [0.4, 0.5) is 20.3 Å². The van der Waals surface area contributed by atoms with Gasteiger partial charge >= 0.3 is 0 Å². The van der Waals surface area contributed by atoms with Gasteiger partial charge in [-0.05, 0) is 41.5 Å². The number of nitrogens with zero attached hydrogens (tertiary/aromatic N) is 3.